The van der Waals surface area contributed by atoms with Gasteiger partial charge in [0.2, 0.25) is 5.12 Å². The summed E-state index contributed by atoms with van der Waals surface area (Å²) < 4.78 is 10.8. The van der Waals surface area contributed by atoms with Crippen LogP contribution in [0.1, 0.15) is 0 Å². The van der Waals surface area contributed by atoms with Gasteiger partial charge in [-0.2, -0.15) is 0 Å². The lowest BCUT2D eigenvalue weighted by molar-refractivity contribution is -0.115. The fourth-order valence-corrected chi connectivity index (χ4v) is 1.91. The van der Waals surface area contributed by atoms with Crippen LogP contribution in [0.25, 0.3) is 11.1 Å². The van der Waals surface area contributed by atoms with E-state index in [-0.39, 0.29) is 11.7 Å². The Balaban J connectivity index is 1.77. The van der Waals surface area contributed by atoms with E-state index in [0.29, 0.717) is 13.2 Å². The normalized spacial score (nSPS) is 10.3. The lowest BCUT2D eigenvalue weighted by atomic mass is 10.1. The van der Waals surface area contributed by atoms with Gasteiger partial charge in [0, 0.05) is 12.4 Å². The molecule has 0 fully saturated rings. The van der Waals surface area contributed by atoms with Crippen LogP contribution in [-0.2, 0) is 9.53 Å². The number of nitrogens with zero attached hydrogens (tertiary/aromatic N) is 1. The molecule has 1 aromatic heterocycles. The van der Waals surface area contributed by atoms with Crippen molar-refractivity contribution in [2.75, 3.05) is 26.1 Å². The van der Waals surface area contributed by atoms with E-state index in [0.717, 1.165) is 16.9 Å². The van der Waals surface area contributed by atoms with Crippen LogP contribution in [0, 0.1) is 0 Å². The minimum Gasteiger partial charge on any atom is -0.491 e. The molecule has 0 N–H and O–H groups in total. The number of hydrogen-bond donors (Lipinski definition) is 0. The van der Waals surface area contributed by atoms with Crippen molar-refractivity contribution in [1.82, 2.24) is 4.98 Å². The Morgan fingerprint density at radius 1 is 1.14 bits per heavy atom. The SMILES string of the molecule is CSC(=O)COCCOc1ccc(-c2cccnc2)cc1. The van der Waals surface area contributed by atoms with Crippen molar-refractivity contribution in [1.29, 1.82) is 0 Å². The van der Waals surface area contributed by atoms with Crippen LogP contribution in [0.2, 0.25) is 0 Å². The number of hydrogen-bond acceptors (Lipinski definition) is 5. The molecular formula is C16H17NO3S. The molecule has 0 atom stereocenters. The summed E-state index contributed by atoms with van der Waals surface area (Å²) in [4.78, 5) is 15.1. The van der Waals surface area contributed by atoms with E-state index in [9.17, 15) is 4.79 Å². The maximum atomic E-state index is 11.0. The summed E-state index contributed by atoms with van der Waals surface area (Å²) in [6.07, 6.45) is 5.32. The molecule has 2 aromatic rings. The molecule has 0 saturated heterocycles. The molecule has 0 aliphatic heterocycles. The van der Waals surface area contributed by atoms with Gasteiger partial charge in [-0.3, -0.25) is 9.78 Å². The second-order valence-corrected chi connectivity index (χ2v) is 5.11. The molecule has 0 radical (unpaired) electrons. The Labute approximate surface area is 128 Å². The number of carbonyl (C=O) groups is 1. The van der Waals surface area contributed by atoms with Crippen molar-refractivity contribution in [3.8, 4) is 16.9 Å². The Morgan fingerprint density at radius 3 is 2.62 bits per heavy atom. The smallest absolute Gasteiger partial charge is 0.214 e. The first-order valence-corrected chi connectivity index (χ1v) is 7.80. The summed E-state index contributed by atoms with van der Waals surface area (Å²) in [5.74, 6) is 0.780. The average molecular weight is 303 g/mol. The number of aromatic nitrogens is 1. The van der Waals surface area contributed by atoms with Gasteiger partial charge in [0.05, 0.1) is 6.61 Å². The molecule has 0 unspecified atom stereocenters. The van der Waals surface area contributed by atoms with Gasteiger partial charge < -0.3 is 9.47 Å². The van der Waals surface area contributed by atoms with Gasteiger partial charge >= 0.3 is 0 Å². The molecule has 1 aromatic carbocycles. The zero-order valence-corrected chi connectivity index (χ0v) is 12.6. The zero-order chi connectivity index (χ0) is 14.9. The van der Waals surface area contributed by atoms with Gasteiger partial charge in [-0.25, -0.2) is 0 Å². The molecule has 0 saturated carbocycles. The predicted molar refractivity (Wildman–Crippen MR) is 84.5 cm³/mol. The number of ether oxygens (including phenoxy) is 2. The van der Waals surface area contributed by atoms with Crippen LogP contribution in [0.3, 0.4) is 0 Å². The highest BCUT2D eigenvalue weighted by molar-refractivity contribution is 8.13. The van der Waals surface area contributed by atoms with Gasteiger partial charge in [-0.1, -0.05) is 30.0 Å². The molecule has 110 valence electrons. The maximum absolute atomic E-state index is 11.0. The van der Waals surface area contributed by atoms with Crippen LogP contribution < -0.4 is 4.74 Å². The molecule has 1 heterocycles. The lowest BCUT2D eigenvalue weighted by Crippen LogP contribution is -2.11. The number of rotatable bonds is 7. The fourth-order valence-electron chi connectivity index (χ4n) is 1.71. The minimum absolute atomic E-state index is 0.0239. The number of thioether (sulfide) groups is 1. The van der Waals surface area contributed by atoms with Crippen LogP contribution in [0.4, 0.5) is 0 Å². The second-order valence-electron chi connectivity index (χ2n) is 4.24. The van der Waals surface area contributed by atoms with Crippen LogP contribution in [0.5, 0.6) is 5.75 Å². The first kappa shape index (κ1) is 15.5. The molecule has 21 heavy (non-hydrogen) atoms. The van der Waals surface area contributed by atoms with Crippen molar-refractivity contribution in [3.05, 3.63) is 48.8 Å². The molecule has 5 heteroatoms. The highest BCUT2D eigenvalue weighted by Crippen LogP contribution is 2.21. The summed E-state index contributed by atoms with van der Waals surface area (Å²) >= 11 is 1.17. The van der Waals surface area contributed by atoms with Crippen LogP contribution >= 0.6 is 11.8 Å². The summed E-state index contributed by atoms with van der Waals surface area (Å²) in [5, 5.41) is 0.0239. The second kappa shape index (κ2) is 8.44. The highest BCUT2D eigenvalue weighted by Gasteiger charge is 2.00. The number of pyridine rings is 1. The first-order chi connectivity index (χ1) is 10.3. The highest BCUT2D eigenvalue weighted by atomic mass is 32.2. The summed E-state index contributed by atoms with van der Waals surface area (Å²) in [7, 11) is 0. The Bertz CT molecular complexity index is 557. The summed E-state index contributed by atoms with van der Waals surface area (Å²) in [6.45, 7) is 0.953. The van der Waals surface area contributed by atoms with E-state index in [1.54, 1.807) is 12.5 Å². The fraction of sp³-hybridized carbons (Fsp3) is 0.250. The largest absolute Gasteiger partial charge is 0.491 e. The van der Waals surface area contributed by atoms with Crippen LogP contribution in [-0.4, -0.2) is 36.2 Å². The monoisotopic (exact) mass is 303 g/mol. The molecule has 2 rings (SSSR count). The van der Waals surface area contributed by atoms with Crippen LogP contribution in [0.15, 0.2) is 48.8 Å². The summed E-state index contributed by atoms with van der Waals surface area (Å²) in [5.41, 5.74) is 2.17. The minimum atomic E-state index is 0.0239. The third kappa shape index (κ3) is 5.21. The van der Waals surface area contributed by atoms with E-state index < -0.39 is 0 Å². The van der Waals surface area contributed by atoms with Crippen molar-refractivity contribution in [2.24, 2.45) is 0 Å². The van der Waals surface area contributed by atoms with E-state index in [1.165, 1.54) is 11.8 Å². The maximum Gasteiger partial charge on any atom is 0.214 e. The van der Waals surface area contributed by atoms with Crippen molar-refractivity contribution < 1.29 is 14.3 Å². The molecule has 0 amide bonds. The van der Waals surface area contributed by atoms with Gasteiger partial charge in [-0.05, 0) is 35.6 Å². The zero-order valence-electron chi connectivity index (χ0n) is 11.8. The van der Waals surface area contributed by atoms with Gasteiger partial charge in [-0.15, -0.1) is 0 Å². The Kier molecular flexibility index (Phi) is 6.24. The molecule has 0 spiro atoms. The van der Waals surface area contributed by atoms with Crippen molar-refractivity contribution >= 4 is 16.9 Å². The molecule has 4 nitrogen and oxygen atoms in total. The van der Waals surface area contributed by atoms with Gasteiger partial charge in [0.15, 0.2) is 0 Å². The molecule has 0 bridgehead atoms. The topological polar surface area (TPSA) is 48.4 Å². The molecule has 0 aliphatic carbocycles. The number of carbonyl (C=O) groups excluding carboxylic acids is 1. The van der Waals surface area contributed by atoms with E-state index in [4.69, 9.17) is 9.47 Å². The summed E-state index contributed by atoms with van der Waals surface area (Å²) in [6, 6.07) is 11.7. The molecular weight excluding hydrogens is 286 g/mol. The standard InChI is InChI=1S/C16H17NO3S/c1-21-16(18)12-19-9-10-20-15-6-4-13(5-7-15)14-3-2-8-17-11-14/h2-8,11H,9-10,12H2,1H3. The third-order valence-corrected chi connectivity index (χ3v) is 3.37. The Morgan fingerprint density at radius 2 is 1.95 bits per heavy atom. The molecule has 0 aliphatic rings. The van der Waals surface area contributed by atoms with Gasteiger partial charge in [0.25, 0.3) is 0 Å². The third-order valence-electron chi connectivity index (χ3n) is 2.79. The quantitative estimate of drug-likeness (QED) is 0.736. The number of benzene rings is 1. The predicted octanol–water partition coefficient (Wildman–Crippen LogP) is 3.03. The van der Waals surface area contributed by atoms with E-state index in [2.05, 4.69) is 4.98 Å². The van der Waals surface area contributed by atoms with Crippen molar-refractivity contribution in [2.45, 2.75) is 0 Å². The Hall–Kier alpha value is -1.85. The average Bonchev–Trinajstić information content (AvgIpc) is 2.55. The van der Waals surface area contributed by atoms with E-state index >= 15 is 0 Å². The van der Waals surface area contributed by atoms with Crippen molar-refractivity contribution in [3.63, 3.8) is 0 Å². The van der Waals surface area contributed by atoms with Gasteiger partial charge in [0.1, 0.15) is 19.0 Å². The van der Waals surface area contributed by atoms with E-state index in [1.807, 2.05) is 42.6 Å². The first-order valence-electron chi connectivity index (χ1n) is 6.57. The lowest BCUT2D eigenvalue weighted by Gasteiger charge is -2.07.